The number of halogens is 1. The maximum Gasteiger partial charge on any atom is 0.182 e. The zero-order valence-electron chi connectivity index (χ0n) is 10.5. The van der Waals surface area contributed by atoms with E-state index in [-0.39, 0.29) is 11.9 Å². The second kappa shape index (κ2) is 4.58. The molecule has 1 atom stereocenters. The van der Waals surface area contributed by atoms with E-state index in [0.717, 1.165) is 6.42 Å². The molecule has 7 heteroatoms. The van der Waals surface area contributed by atoms with Crippen molar-refractivity contribution >= 4 is 5.69 Å². The number of benzene rings is 1. The summed E-state index contributed by atoms with van der Waals surface area (Å²) in [6, 6.07) is 3.19. The highest BCUT2D eigenvalue weighted by Crippen LogP contribution is 2.27. The van der Waals surface area contributed by atoms with Crippen LogP contribution in [0.15, 0.2) is 12.1 Å². The molecule has 0 bridgehead atoms. The lowest BCUT2D eigenvalue weighted by Crippen LogP contribution is -2.12. The van der Waals surface area contributed by atoms with Crippen molar-refractivity contribution in [2.45, 2.75) is 19.4 Å². The predicted molar refractivity (Wildman–Crippen MR) is 66.8 cm³/mol. The van der Waals surface area contributed by atoms with Crippen LogP contribution in [0, 0.1) is 12.7 Å². The molecule has 3 rings (SSSR count). The molecule has 1 aliphatic heterocycles. The molecule has 100 valence electrons. The van der Waals surface area contributed by atoms with Crippen molar-refractivity contribution in [2.75, 3.05) is 18.9 Å². The van der Waals surface area contributed by atoms with Crippen molar-refractivity contribution in [2.24, 2.45) is 0 Å². The fourth-order valence-corrected chi connectivity index (χ4v) is 2.17. The number of nitrogens with zero attached hydrogens (tertiary/aromatic N) is 4. The van der Waals surface area contributed by atoms with Gasteiger partial charge in [-0.25, -0.2) is 9.07 Å². The number of aromatic nitrogens is 4. The minimum absolute atomic E-state index is 0.0931. The summed E-state index contributed by atoms with van der Waals surface area (Å²) < 4.78 is 20.8. The fourth-order valence-electron chi connectivity index (χ4n) is 2.17. The molecule has 19 heavy (non-hydrogen) atoms. The van der Waals surface area contributed by atoms with Gasteiger partial charge in [0, 0.05) is 23.4 Å². The molecule has 0 aliphatic carbocycles. The zero-order valence-corrected chi connectivity index (χ0v) is 10.5. The highest BCUT2D eigenvalue weighted by Gasteiger charge is 2.23. The molecular weight excluding hydrogens is 249 g/mol. The molecule has 1 aromatic heterocycles. The number of ether oxygens (including phenoxy) is 1. The Balaban J connectivity index is 2.05. The Hall–Kier alpha value is -2.02. The van der Waals surface area contributed by atoms with Gasteiger partial charge in [-0.1, -0.05) is 0 Å². The molecule has 1 aliphatic rings. The van der Waals surface area contributed by atoms with Crippen LogP contribution in [0.4, 0.5) is 10.1 Å². The van der Waals surface area contributed by atoms with Crippen molar-refractivity contribution in [3.05, 3.63) is 23.5 Å². The lowest BCUT2D eigenvalue weighted by atomic mass is 10.1. The van der Waals surface area contributed by atoms with Gasteiger partial charge < -0.3 is 10.5 Å². The number of tetrazole rings is 1. The average molecular weight is 263 g/mol. The van der Waals surface area contributed by atoms with Crippen LogP contribution in [0.25, 0.3) is 11.4 Å². The maximum absolute atomic E-state index is 13.8. The highest BCUT2D eigenvalue weighted by molar-refractivity contribution is 5.64. The Morgan fingerprint density at radius 1 is 1.47 bits per heavy atom. The molecule has 1 saturated heterocycles. The highest BCUT2D eigenvalue weighted by atomic mass is 19.1. The Kier molecular flexibility index (Phi) is 2.90. The molecule has 0 spiro atoms. The lowest BCUT2D eigenvalue weighted by Gasteiger charge is -2.11. The van der Waals surface area contributed by atoms with Crippen LogP contribution in [0.1, 0.15) is 18.0 Å². The van der Waals surface area contributed by atoms with Gasteiger partial charge in [0.05, 0.1) is 12.6 Å². The molecule has 2 heterocycles. The van der Waals surface area contributed by atoms with Gasteiger partial charge in [0.25, 0.3) is 0 Å². The summed E-state index contributed by atoms with van der Waals surface area (Å²) in [4.78, 5) is 0. The fraction of sp³-hybridized carbons (Fsp3) is 0.417. The first-order valence-corrected chi connectivity index (χ1v) is 6.08. The average Bonchev–Trinajstić information content (AvgIpc) is 3.04. The SMILES string of the molecule is Cc1c(N)cc(-c2nnnn2C2CCOC2)cc1F. The first kappa shape index (κ1) is 12.0. The monoisotopic (exact) mass is 263 g/mol. The molecule has 2 N–H and O–H groups in total. The van der Waals surface area contributed by atoms with Crippen LogP contribution in [-0.2, 0) is 4.74 Å². The molecular formula is C12H14FN5O. The Morgan fingerprint density at radius 3 is 3.00 bits per heavy atom. The van der Waals surface area contributed by atoms with Crippen LogP contribution in [0.3, 0.4) is 0 Å². The van der Waals surface area contributed by atoms with Gasteiger partial charge in [0.1, 0.15) is 5.82 Å². The van der Waals surface area contributed by atoms with Crippen LogP contribution >= 0.6 is 0 Å². The normalized spacial score (nSPS) is 18.9. The lowest BCUT2D eigenvalue weighted by molar-refractivity contribution is 0.184. The molecule has 2 aromatic rings. The number of hydrogen-bond acceptors (Lipinski definition) is 5. The third-order valence-corrected chi connectivity index (χ3v) is 3.39. The van der Waals surface area contributed by atoms with Crippen LogP contribution < -0.4 is 5.73 Å². The second-order valence-electron chi connectivity index (χ2n) is 4.64. The van der Waals surface area contributed by atoms with E-state index < -0.39 is 0 Å². The summed E-state index contributed by atoms with van der Waals surface area (Å²) in [6.45, 7) is 2.90. The Labute approximate surface area is 109 Å². The van der Waals surface area contributed by atoms with Crippen molar-refractivity contribution in [3.63, 3.8) is 0 Å². The van der Waals surface area contributed by atoms with Gasteiger partial charge in [-0.2, -0.15) is 0 Å². The smallest absolute Gasteiger partial charge is 0.182 e. The van der Waals surface area contributed by atoms with Crippen molar-refractivity contribution in [1.82, 2.24) is 20.2 Å². The topological polar surface area (TPSA) is 78.9 Å². The third-order valence-electron chi connectivity index (χ3n) is 3.39. The van der Waals surface area contributed by atoms with E-state index in [0.29, 0.717) is 35.9 Å². The number of hydrogen-bond donors (Lipinski definition) is 1. The number of anilines is 1. The van der Waals surface area contributed by atoms with Crippen LogP contribution in [0.2, 0.25) is 0 Å². The number of rotatable bonds is 2. The molecule has 1 unspecified atom stereocenters. The quantitative estimate of drug-likeness (QED) is 0.827. The number of nitrogens with two attached hydrogens (primary N) is 1. The molecule has 0 radical (unpaired) electrons. The van der Waals surface area contributed by atoms with E-state index in [1.807, 2.05) is 0 Å². The van der Waals surface area contributed by atoms with Gasteiger partial charge >= 0.3 is 0 Å². The zero-order chi connectivity index (χ0) is 13.4. The minimum Gasteiger partial charge on any atom is -0.398 e. The summed E-state index contributed by atoms with van der Waals surface area (Å²) in [5, 5.41) is 11.6. The van der Waals surface area contributed by atoms with E-state index in [9.17, 15) is 4.39 Å². The summed E-state index contributed by atoms with van der Waals surface area (Å²) >= 11 is 0. The molecule has 6 nitrogen and oxygen atoms in total. The van der Waals surface area contributed by atoms with E-state index in [1.54, 1.807) is 17.7 Å². The summed E-state index contributed by atoms with van der Waals surface area (Å²) in [5.74, 6) is 0.160. The Bertz CT molecular complexity index is 583. The van der Waals surface area contributed by atoms with E-state index in [1.165, 1.54) is 6.07 Å². The Morgan fingerprint density at radius 2 is 2.32 bits per heavy atom. The van der Waals surface area contributed by atoms with Crippen molar-refractivity contribution in [1.29, 1.82) is 0 Å². The molecule has 1 fully saturated rings. The van der Waals surface area contributed by atoms with Gasteiger partial charge in [0.2, 0.25) is 0 Å². The first-order valence-electron chi connectivity index (χ1n) is 6.08. The second-order valence-corrected chi connectivity index (χ2v) is 4.64. The molecule has 1 aromatic carbocycles. The van der Waals surface area contributed by atoms with Gasteiger partial charge in [-0.05, 0) is 35.9 Å². The standard InChI is InChI=1S/C12H14FN5O/c1-7-10(13)4-8(5-11(7)14)12-15-16-17-18(12)9-2-3-19-6-9/h4-5,9H,2-3,6,14H2,1H3. The maximum atomic E-state index is 13.8. The van der Waals surface area contributed by atoms with E-state index in [4.69, 9.17) is 10.5 Å². The molecule has 0 amide bonds. The summed E-state index contributed by atoms with van der Waals surface area (Å²) in [7, 11) is 0. The van der Waals surface area contributed by atoms with Gasteiger partial charge in [0.15, 0.2) is 5.82 Å². The van der Waals surface area contributed by atoms with Crippen LogP contribution in [0.5, 0.6) is 0 Å². The van der Waals surface area contributed by atoms with E-state index in [2.05, 4.69) is 15.5 Å². The molecule has 0 saturated carbocycles. The van der Waals surface area contributed by atoms with Crippen LogP contribution in [-0.4, -0.2) is 33.4 Å². The largest absolute Gasteiger partial charge is 0.398 e. The van der Waals surface area contributed by atoms with E-state index >= 15 is 0 Å². The number of nitrogen functional groups attached to an aromatic ring is 1. The van der Waals surface area contributed by atoms with Gasteiger partial charge in [-0.15, -0.1) is 5.10 Å². The first-order chi connectivity index (χ1) is 9.16. The minimum atomic E-state index is -0.354. The third kappa shape index (κ3) is 2.06. The predicted octanol–water partition coefficient (Wildman–Crippen LogP) is 1.33. The summed E-state index contributed by atoms with van der Waals surface area (Å²) in [5.41, 5.74) is 7.20. The van der Waals surface area contributed by atoms with Gasteiger partial charge in [-0.3, -0.25) is 0 Å². The van der Waals surface area contributed by atoms with Crippen molar-refractivity contribution in [3.8, 4) is 11.4 Å². The summed E-state index contributed by atoms with van der Waals surface area (Å²) in [6.07, 6.45) is 0.849. The van der Waals surface area contributed by atoms with Crippen molar-refractivity contribution < 1.29 is 9.13 Å².